The van der Waals surface area contributed by atoms with Gasteiger partial charge >= 0.3 is 0 Å². The summed E-state index contributed by atoms with van der Waals surface area (Å²) in [6.45, 7) is 0. The maximum absolute atomic E-state index is 12.0. The van der Waals surface area contributed by atoms with E-state index in [-0.39, 0.29) is 5.82 Å². The average molecular weight is 253 g/mol. The Morgan fingerprint density at radius 2 is 1.60 bits per heavy atom. The normalized spacial score (nSPS) is 7.90. The number of hydrogen-bond donors (Lipinski definition) is 1. The van der Waals surface area contributed by atoms with Gasteiger partial charge in [0.05, 0.1) is 0 Å². The van der Waals surface area contributed by atoms with Gasteiger partial charge in [0, 0.05) is 5.69 Å². The van der Waals surface area contributed by atoms with Gasteiger partial charge in [0.1, 0.15) is 5.82 Å². The van der Waals surface area contributed by atoms with Gasteiger partial charge in [-0.15, -0.1) is 0 Å². The number of hydrogen-bond acceptors (Lipinski definition) is 1. The lowest BCUT2D eigenvalue weighted by molar-refractivity contribution is 0.628. The third-order valence-corrected chi connectivity index (χ3v) is 0.870. The quantitative estimate of drug-likeness (QED) is 0.429. The van der Waals surface area contributed by atoms with Crippen molar-refractivity contribution in [1.82, 2.24) is 0 Å². The van der Waals surface area contributed by atoms with E-state index in [4.69, 9.17) is 5.73 Å². The standard InChI is InChI=1S/C6H6FN.CH3I/c7-5-1-3-6(8)4-2-5;1-2/h1-4H,8H2;1H3. The van der Waals surface area contributed by atoms with Crippen LogP contribution in [0.3, 0.4) is 0 Å². The zero-order valence-corrected chi connectivity index (χ0v) is 7.80. The smallest absolute Gasteiger partial charge is 0.123 e. The van der Waals surface area contributed by atoms with Crippen LogP contribution in [0.15, 0.2) is 24.3 Å². The van der Waals surface area contributed by atoms with Crippen LogP contribution in [-0.2, 0) is 0 Å². The van der Waals surface area contributed by atoms with Gasteiger partial charge < -0.3 is 5.73 Å². The van der Waals surface area contributed by atoms with Crippen molar-refractivity contribution in [1.29, 1.82) is 0 Å². The van der Waals surface area contributed by atoms with Crippen LogP contribution in [0.4, 0.5) is 10.1 Å². The van der Waals surface area contributed by atoms with Crippen LogP contribution in [0.5, 0.6) is 0 Å². The molecule has 0 saturated carbocycles. The highest BCUT2D eigenvalue weighted by Crippen LogP contribution is 2.01. The number of benzene rings is 1. The molecule has 0 aromatic heterocycles. The highest BCUT2D eigenvalue weighted by atomic mass is 127. The van der Waals surface area contributed by atoms with Gasteiger partial charge in [0.25, 0.3) is 0 Å². The summed E-state index contributed by atoms with van der Waals surface area (Å²) in [5.41, 5.74) is 5.85. The largest absolute Gasteiger partial charge is 0.399 e. The number of halogens is 2. The van der Waals surface area contributed by atoms with Crippen molar-refractivity contribution in [3.63, 3.8) is 0 Å². The predicted octanol–water partition coefficient (Wildman–Crippen LogP) is 2.46. The lowest BCUT2D eigenvalue weighted by Gasteiger charge is -1.87. The van der Waals surface area contributed by atoms with Gasteiger partial charge in [0.2, 0.25) is 0 Å². The van der Waals surface area contributed by atoms with E-state index in [0.717, 1.165) is 0 Å². The minimum Gasteiger partial charge on any atom is -0.399 e. The molecule has 0 amide bonds. The first-order valence-electron chi connectivity index (χ1n) is 2.68. The minimum absolute atomic E-state index is 0.251. The van der Waals surface area contributed by atoms with Crippen molar-refractivity contribution in [2.75, 3.05) is 10.7 Å². The Balaban J connectivity index is 0.000000371. The third kappa shape index (κ3) is 3.66. The van der Waals surface area contributed by atoms with Crippen LogP contribution < -0.4 is 5.73 Å². The topological polar surface area (TPSA) is 26.0 Å². The molecule has 1 aromatic carbocycles. The van der Waals surface area contributed by atoms with E-state index in [1.165, 1.54) is 24.3 Å². The van der Waals surface area contributed by atoms with E-state index >= 15 is 0 Å². The predicted molar refractivity (Wildman–Crippen MR) is 50.8 cm³/mol. The molecule has 0 saturated heterocycles. The SMILES string of the molecule is CI.Nc1ccc(F)cc1. The fraction of sp³-hybridized carbons (Fsp3) is 0.143. The molecule has 0 aliphatic heterocycles. The number of anilines is 1. The lowest BCUT2D eigenvalue weighted by atomic mass is 10.3. The van der Waals surface area contributed by atoms with Crippen molar-refractivity contribution in [3.05, 3.63) is 30.1 Å². The molecule has 3 heteroatoms. The second kappa shape index (κ2) is 5.46. The fourth-order valence-electron chi connectivity index (χ4n) is 0.463. The molecule has 0 atom stereocenters. The zero-order valence-electron chi connectivity index (χ0n) is 5.64. The second-order valence-corrected chi connectivity index (χ2v) is 1.55. The number of nitrogen functional groups attached to an aromatic ring is 1. The summed E-state index contributed by atoms with van der Waals surface area (Å²) in [5, 5.41) is 0. The summed E-state index contributed by atoms with van der Waals surface area (Å²) >= 11 is 2.15. The van der Waals surface area contributed by atoms with Crippen LogP contribution in [0.2, 0.25) is 0 Å². The first-order valence-corrected chi connectivity index (χ1v) is 4.83. The van der Waals surface area contributed by atoms with Gasteiger partial charge in [-0.2, -0.15) is 0 Å². The minimum atomic E-state index is -0.251. The molecule has 0 aliphatic rings. The van der Waals surface area contributed by atoms with Crippen molar-refractivity contribution in [2.45, 2.75) is 0 Å². The summed E-state index contributed by atoms with van der Waals surface area (Å²) in [4.78, 5) is 1.97. The van der Waals surface area contributed by atoms with Crippen molar-refractivity contribution < 1.29 is 4.39 Å². The Bertz CT molecular complexity index is 152. The molecular formula is C7H9FIN. The summed E-state index contributed by atoms with van der Waals surface area (Å²) in [5.74, 6) is -0.251. The highest BCUT2D eigenvalue weighted by molar-refractivity contribution is 14.1. The first kappa shape index (κ1) is 9.68. The molecule has 0 unspecified atom stereocenters. The monoisotopic (exact) mass is 253 g/mol. The van der Waals surface area contributed by atoms with E-state index in [9.17, 15) is 4.39 Å². The molecule has 0 radical (unpaired) electrons. The number of alkyl halides is 1. The molecule has 56 valence electrons. The molecule has 10 heavy (non-hydrogen) atoms. The van der Waals surface area contributed by atoms with E-state index in [1.54, 1.807) is 0 Å². The van der Waals surface area contributed by atoms with Crippen LogP contribution in [0, 0.1) is 5.82 Å². The Hall–Kier alpha value is -0.320. The van der Waals surface area contributed by atoms with Gasteiger partial charge in [0.15, 0.2) is 0 Å². The summed E-state index contributed by atoms with van der Waals surface area (Å²) in [7, 11) is 0. The van der Waals surface area contributed by atoms with Gasteiger partial charge in [-0.25, -0.2) is 4.39 Å². The zero-order chi connectivity index (χ0) is 7.98. The Labute approximate surface area is 73.6 Å². The molecule has 0 fully saturated rings. The van der Waals surface area contributed by atoms with Crippen molar-refractivity contribution >= 4 is 28.3 Å². The summed E-state index contributed by atoms with van der Waals surface area (Å²) < 4.78 is 12.0. The highest BCUT2D eigenvalue weighted by Gasteiger charge is 1.83. The lowest BCUT2D eigenvalue weighted by Crippen LogP contribution is -1.82. The van der Waals surface area contributed by atoms with Crippen LogP contribution in [0.25, 0.3) is 0 Å². The molecular weight excluding hydrogens is 244 g/mol. The maximum Gasteiger partial charge on any atom is 0.123 e. The molecule has 2 N–H and O–H groups in total. The van der Waals surface area contributed by atoms with E-state index in [2.05, 4.69) is 22.6 Å². The van der Waals surface area contributed by atoms with Crippen LogP contribution in [0.1, 0.15) is 0 Å². The molecule has 0 aliphatic carbocycles. The molecule has 0 bridgehead atoms. The van der Waals surface area contributed by atoms with Crippen molar-refractivity contribution in [3.8, 4) is 0 Å². The van der Waals surface area contributed by atoms with Crippen LogP contribution >= 0.6 is 22.6 Å². The molecule has 1 rings (SSSR count). The fourth-order valence-corrected chi connectivity index (χ4v) is 0.463. The Kier molecular flexibility index (Phi) is 5.29. The molecule has 1 nitrogen and oxygen atoms in total. The van der Waals surface area contributed by atoms with E-state index in [1.807, 2.05) is 4.93 Å². The third-order valence-electron chi connectivity index (χ3n) is 0.870. The van der Waals surface area contributed by atoms with E-state index < -0.39 is 0 Å². The first-order chi connectivity index (χ1) is 4.79. The molecule has 0 spiro atoms. The van der Waals surface area contributed by atoms with Crippen molar-refractivity contribution in [2.24, 2.45) is 0 Å². The summed E-state index contributed by atoms with van der Waals surface area (Å²) in [6.07, 6.45) is 0. The molecule has 0 heterocycles. The second-order valence-electron chi connectivity index (χ2n) is 1.55. The molecule has 1 aromatic rings. The maximum atomic E-state index is 12.0. The summed E-state index contributed by atoms with van der Waals surface area (Å²) in [6, 6.07) is 5.70. The Morgan fingerprint density at radius 1 is 1.20 bits per heavy atom. The van der Waals surface area contributed by atoms with Gasteiger partial charge in [-0.3, -0.25) is 0 Å². The van der Waals surface area contributed by atoms with Crippen LogP contribution in [-0.4, -0.2) is 4.93 Å². The number of rotatable bonds is 0. The van der Waals surface area contributed by atoms with Gasteiger partial charge in [-0.1, -0.05) is 22.6 Å². The van der Waals surface area contributed by atoms with E-state index in [0.29, 0.717) is 5.69 Å². The average Bonchev–Trinajstić information content (AvgIpc) is 2.00. The van der Waals surface area contributed by atoms with Gasteiger partial charge in [-0.05, 0) is 29.2 Å². The number of nitrogens with two attached hydrogens (primary N) is 1. The Morgan fingerprint density at radius 3 is 1.90 bits per heavy atom.